The average Bonchev–Trinajstić information content (AvgIpc) is 2.54. The SMILES string of the molecule is COc1ccc(COC(=O)C(=C(Cl)Cl)C2CCOCC2)cc1. The summed E-state index contributed by atoms with van der Waals surface area (Å²) in [6.45, 7) is 1.36. The molecule has 0 radical (unpaired) electrons. The van der Waals surface area contributed by atoms with Gasteiger partial charge in [-0.3, -0.25) is 0 Å². The number of ether oxygens (including phenoxy) is 3. The first-order valence-corrected chi connectivity index (χ1v) is 7.80. The highest BCUT2D eigenvalue weighted by atomic mass is 35.5. The number of rotatable bonds is 5. The van der Waals surface area contributed by atoms with Crippen LogP contribution in [0.4, 0.5) is 0 Å². The third-order valence-electron chi connectivity index (χ3n) is 3.58. The number of carbonyl (C=O) groups excluding carboxylic acids is 1. The lowest BCUT2D eigenvalue weighted by Crippen LogP contribution is -2.23. The number of halogens is 2. The molecule has 1 aliphatic heterocycles. The summed E-state index contributed by atoms with van der Waals surface area (Å²) < 4.78 is 15.7. The van der Waals surface area contributed by atoms with E-state index in [2.05, 4.69) is 0 Å². The lowest BCUT2D eigenvalue weighted by atomic mass is 9.92. The molecule has 0 bridgehead atoms. The van der Waals surface area contributed by atoms with E-state index in [-0.39, 0.29) is 17.0 Å². The van der Waals surface area contributed by atoms with Crippen LogP contribution in [0.15, 0.2) is 34.3 Å². The second-order valence-corrected chi connectivity index (χ2v) is 5.93. The van der Waals surface area contributed by atoms with Crippen LogP contribution in [0.25, 0.3) is 0 Å². The molecule has 0 atom stereocenters. The van der Waals surface area contributed by atoms with Crippen molar-refractivity contribution in [3.05, 3.63) is 39.9 Å². The van der Waals surface area contributed by atoms with E-state index in [1.54, 1.807) is 7.11 Å². The second-order valence-electron chi connectivity index (χ2n) is 4.98. The Bertz CT molecular complexity index is 530. The van der Waals surface area contributed by atoms with E-state index in [9.17, 15) is 4.79 Å². The van der Waals surface area contributed by atoms with Gasteiger partial charge in [0.1, 0.15) is 16.8 Å². The monoisotopic (exact) mass is 344 g/mol. The van der Waals surface area contributed by atoms with Crippen molar-refractivity contribution in [1.82, 2.24) is 0 Å². The molecular weight excluding hydrogens is 327 g/mol. The first kappa shape index (κ1) is 17.1. The van der Waals surface area contributed by atoms with E-state index in [0.717, 1.165) is 24.2 Å². The molecule has 0 unspecified atom stereocenters. The summed E-state index contributed by atoms with van der Waals surface area (Å²) in [7, 11) is 1.60. The second kappa shape index (κ2) is 8.42. The zero-order valence-corrected chi connectivity index (χ0v) is 13.8. The highest BCUT2D eigenvalue weighted by molar-refractivity contribution is 6.57. The fourth-order valence-corrected chi connectivity index (χ4v) is 2.80. The molecule has 120 valence electrons. The van der Waals surface area contributed by atoms with E-state index >= 15 is 0 Å². The smallest absolute Gasteiger partial charge is 0.337 e. The molecule has 1 aliphatic rings. The van der Waals surface area contributed by atoms with Crippen LogP contribution in [0, 0.1) is 5.92 Å². The Morgan fingerprint density at radius 2 is 1.86 bits per heavy atom. The van der Waals surface area contributed by atoms with Crippen molar-refractivity contribution in [1.29, 1.82) is 0 Å². The van der Waals surface area contributed by atoms with Gasteiger partial charge in [0, 0.05) is 13.2 Å². The van der Waals surface area contributed by atoms with Gasteiger partial charge < -0.3 is 14.2 Å². The van der Waals surface area contributed by atoms with Gasteiger partial charge in [0.2, 0.25) is 0 Å². The quantitative estimate of drug-likeness (QED) is 0.601. The van der Waals surface area contributed by atoms with Gasteiger partial charge in [0.15, 0.2) is 0 Å². The minimum Gasteiger partial charge on any atom is -0.497 e. The first-order chi connectivity index (χ1) is 10.6. The van der Waals surface area contributed by atoms with Crippen molar-refractivity contribution in [2.24, 2.45) is 5.92 Å². The average molecular weight is 345 g/mol. The van der Waals surface area contributed by atoms with Crippen molar-refractivity contribution in [3.8, 4) is 5.75 Å². The topological polar surface area (TPSA) is 44.8 Å². The molecule has 0 spiro atoms. The standard InChI is InChI=1S/C16H18Cl2O4/c1-20-13-4-2-11(3-5-13)10-22-16(19)14(15(17)18)12-6-8-21-9-7-12/h2-5,12H,6-10H2,1H3. The Kier molecular flexibility index (Phi) is 6.55. The van der Waals surface area contributed by atoms with Crippen LogP contribution < -0.4 is 4.74 Å². The predicted octanol–water partition coefficient (Wildman–Crippen LogP) is 3.85. The van der Waals surface area contributed by atoms with Crippen molar-refractivity contribution < 1.29 is 19.0 Å². The molecule has 0 aromatic heterocycles. The molecule has 0 N–H and O–H groups in total. The Hall–Kier alpha value is -1.23. The summed E-state index contributed by atoms with van der Waals surface area (Å²) in [5.41, 5.74) is 1.21. The summed E-state index contributed by atoms with van der Waals surface area (Å²) in [6.07, 6.45) is 1.44. The minimum atomic E-state index is -0.470. The molecule has 22 heavy (non-hydrogen) atoms. The van der Waals surface area contributed by atoms with Crippen molar-refractivity contribution in [2.75, 3.05) is 20.3 Å². The molecule has 1 fully saturated rings. The summed E-state index contributed by atoms with van der Waals surface area (Å²) in [4.78, 5) is 12.3. The zero-order chi connectivity index (χ0) is 15.9. The molecule has 0 aliphatic carbocycles. The number of methoxy groups -OCH3 is 1. The van der Waals surface area contributed by atoms with Crippen LogP contribution in [-0.4, -0.2) is 26.3 Å². The van der Waals surface area contributed by atoms with Crippen LogP contribution in [0.1, 0.15) is 18.4 Å². The fourth-order valence-electron chi connectivity index (χ4n) is 2.33. The summed E-state index contributed by atoms with van der Waals surface area (Å²) in [6, 6.07) is 7.30. The molecule has 1 aromatic rings. The van der Waals surface area contributed by atoms with E-state index < -0.39 is 5.97 Å². The maximum Gasteiger partial charge on any atom is 0.337 e. The molecular formula is C16H18Cl2O4. The lowest BCUT2D eigenvalue weighted by molar-refractivity contribution is -0.141. The van der Waals surface area contributed by atoms with Gasteiger partial charge in [-0.2, -0.15) is 0 Å². The number of benzene rings is 1. The van der Waals surface area contributed by atoms with Gasteiger partial charge in [-0.05, 0) is 36.5 Å². The number of hydrogen-bond donors (Lipinski definition) is 0. The molecule has 1 saturated heterocycles. The number of carbonyl (C=O) groups is 1. The zero-order valence-electron chi connectivity index (χ0n) is 12.3. The van der Waals surface area contributed by atoms with E-state index in [1.807, 2.05) is 24.3 Å². The van der Waals surface area contributed by atoms with Gasteiger partial charge in [0.05, 0.1) is 12.7 Å². The molecule has 0 amide bonds. The van der Waals surface area contributed by atoms with E-state index in [4.69, 9.17) is 37.4 Å². The fraction of sp³-hybridized carbons (Fsp3) is 0.438. The lowest BCUT2D eigenvalue weighted by Gasteiger charge is -2.23. The van der Waals surface area contributed by atoms with Crippen molar-refractivity contribution in [2.45, 2.75) is 19.4 Å². The van der Waals surface area contributed by atoms with Gasteiger partial charge in [-0.25, -0.2) is 4.79 Å². The highest BCUT2D eigenvalue weighted by Crippen LogP contribution is 2.30. The molecule has 0 saturated carbocycles. The third kappa shape index (κ3) is 4.63. The molecule has 2 rings (SSSR count). The molecule has 1 heterocycles. The highest BCUT2D eigenvalue weighted by Gasteiger charge is 2.27. The van der Waals surface area contributed by atoms with Crippen LogP contribution >= 0.6 is 23.2 Å². The number of hydrogen-bond acceptors (Lipinski definition) is 4. The van der Waals surface area contributed by atoms with Crippen LogP contribution in [0.3, 0.4) is 0 Å². The predicted molar refractivity (Wildman–Crippen MR) is 85.1 cm³/mol. The molecule has 1 aromatic carbocycles. The molecule has 4 nitrogen and oxygen atoms in total. The first-order valence-electron chi connectivity index (χ1n) is 7.04. The maximum atomic E-state index is 12.3. The maximum absolute atomic E-state index is 12.3. The Morgan fingerprint density at radius 3 is 2.41 bits per heavy atom. The van der Waals surface area contributed by atoms with Crippen LogP contribution in [0.2, 0.25) is 0 Å². The summed E-state index contributed by atoms with van der Waals surface area (Å²) in [5.74, 6) is 0.270. The third-order valence-corrected chi connectivity index (χ3v) is 3.99. The largest absolute Gasteiger partial charge is 0.497 e. The van der Waals surface area contributed by atoms with Crippen molar-refractivity contribution >= 4 is 29.2 Å². The normalized spacial score (nSPS) is 15.2. The van der Waals surface area contributed by atoms with Gasteiger partial charge in [-0.15, -0.1) is 0 Å². The minimum absolute atomic E-state index is 0.0119. The number of esters is 1. The Labute approximate surface area is 139 Å². The van der Waals surface area contributed by atoms with Gasteiger partial charge in [-0.1, -0.05) is 35.3 Å². The van der Waals surface area contributed by atoms with Gasteiger partial charge >= 0.3 is 5.97 Å². The van der Waals surface area contributed by atoms with E-state index in [1.165, 1.54) is 0 Å². The molecule has 6 heteroatoms. The van der Waals surface area contributed by atoms with Crippen LogP contribution in [-0.2, 0) is 20.9 Å². The van der Waals surface area contributed by atoms with Gasteiger partial charge in [0.25, 0.3) is 0 Å². The van der Waals surface area contributed by atoms with E-state index in [0.29, 0.717) is 18.8 Å². The summed E-state index contributed by atoms with van der Waals surface area (Å²) >= 11 is 11.8. The summed E-state index contributed by atoms with van der Waals surface area (Å²) in [5, 5.41) is 0. The Morgan fingerprint density at radius 1 is 1.23 bits per heavy atom. The van der Waals surface area contributed by atoms with Crippen LogP contribution in [0.5, 0.6) is 5.75 Å². The van der Waals surface area contributed by atoms with Crippen molar-refractivity contribution in [3.63, 3.8) is 0 Å². The Balaban J connectivity index is 1.97.